The third kappa shape index (κ3) is 4.11. The molecule has 2 aromatic carbocycles. The standard InChI is InChI=1S/C22H26FNO/c1-14(2)13-25-20-12-11-18(22(24-6)16(20)5)21(15(3)4)17-9-7-8-10-19(17)23/h7-13,24H,1-6H3. The van der Waals surface area contributed by atoms with Crippen LogP contribution in [0, 0.1) is 12.7 Å². The first kappa shape index (κ1) is 18.8. The maximum Gasteiger partial charge on any atom is 0.131 e. The van der Waals surface area contributed by atoms with Crippen LogP contribution in [-0.2, 0) is 0 Å². The number of nitrogens with one attached hydrogen (secondary N) is 1. The van der Waals surface area contributed by atoms with E-state index in [0.717, 1.165) is 39.3 Å². The molecule has 0 saturated heterocycles. The molecule has 2 aromatic rings. The van der Waals surface area contributed by atoms with Gasteiger partial charge in [-0.2, -0.15) is 0 Å². The van der Waals surface area contributed by atoms with E-state index in [2.05, 4.69) is 5.32 Å². The zero-order valence-electron chi connectivity index (χ0n) is 15.8. The molecule has 0 unspecified atom stereocenters. The Morgan fingerprint density at radius 2 is 1.68 bits per heavy atom. The van der Waals surface area contributed by atoms with Crippen LogP contribution in [0.25, 0.3) is 5.57 Å². The summed E-state index contributed by atoms with van der Waals surface area (Å²) < 4.78 is 20.2. The van der Waals surface area contributed by atoms with Gasteiger partial charge in [0, 0.05) is 29.4 Å². The second kappa shape index (κ2) is 8.02. The molecule has 132 valence electrons. The quantitative estimate of drug-likeness (QED) is 0.644. The highest BCUT2D eigenvalue weighted by Gasteiger charge is 2.17. The molecular formula is C22H26FNO. The number of anilines is 1. The molecule has 0 atom stereocenters. The molecule has 0 spiro atoms. The van der Waals surface area contributed by atoms with Crippen molar-refractivity contribution in [2.24, 2.45) is 0 Å². The Hall–Kier alpha value is -2.55. The lowest BCUT2D eigenvalue weighted by Gasteiger charge is -2.19. The monoisotopic (exact) mass is 339 g/mol. The average molecular weight is 339 g/mol. The molecule has 25 heavy (non-hydrogen) atoms. The molecule has 0 amide bonds. The summed E-state index contributed by atoms with van der Waals surface area (Å²) in [6, 6.07) is 10.8. The average Bonchev–Trinajstić information content (AvgIpc) is 2.55. The Bertz CT molecular complexity index is 826. The number of halogens is 1. The van der Waals surface area contributed by atoms with Crippen LogP contribution in [0.3, 0.4) is 0 Å². The lowest BCUT2D eigenvalue weighted by Crippen LogP contribution is -2.03. The Morgan fingerprint density at radius 1 is 1.00 bits per heavy atom. The van der Waals surface area contributed by atoms with Crippen molar-refractivity contribution in [1.29, 1.82) is 0 Å². The SMILES string of the molecule is CNc1c(C(=C(C)C)c2ccccc2F)ccc(OC=C(C)C)c1C. The summed E-state index contributed by atoms with van der Waals surface area (Å²) in [5, 5.41) is 3.26. The first-order chi connectivity index (χ1) is 11.9. The molecule has 0 aliphatic rings. The van der Waals surface area contributed by atoms with Crippen LogP contribution in [0.4, 0.5) is 10.1 Å². The zero-order valence-corrected chi connectivity index (χ0v) is 15.8. The van der Waals surface area contributed by atoms with E-state index >= 15 is 0 Å². The minimum absolute atomic E-state index is 0.219. The number of allylic oxidation sites excluding steroid dienone is 2. The van der Waals surface area contributed by atoms with Crippen molar-refractivity contribution in [1.82, 2.24) is 0 Å². The minimum atomic E-state index is -0.219. The summed E-state index contributed by atoms with van der Waals surface area (Å²) in [5.41, 5.74) is 6.56. The van der Waals surface area contributed by atoms with E-state index in [0.29, 0.717) is 5.56 Å². The van der Waals surface area contributed by atoms with Gasteiger partial charge < -0.3 is 10.1 Å². The summed E-state index contributed by atoms with van der Waals surface area (Å²) in [5.74, 6) is 0.569. The van der Waals surface area contributed by atoms with Crippen molar-refractivity contribution in [2.75, 3.05) is 12.4 Å². The molecule has 0 saturated carbocycles. The molecule has 0 bridgehead atoms. The van der Waals surface area contributed by atoms with Gasteiger partial charge in [-0.05, 0) is 64.0 Å². The van der Waals surface area contributed by atoms with Crippen molar-refractivity contribution in [3.05, 3.63) is 76.3 Å². The number of hydrogen-bond donors (Lipinski definition) is 1. The topological polar surface area (TPSA) is 21.3 Å². The third-order valence-corrected chi connectivity index (χ3v) is 4.00. The van der Waals surface area contributed by atoms with E-state index in [-0.39, 0.29) is 5.82 Å². The van der Waals surface area contributed by atoms with Crippen molar-refractivity contribution in [3.8, 4) is 5.75 Å². The maximum absolute atomic E-state index is 14.4. The normalized spacial score (nSPS) is 10.2. The van der Waals surface area contributed by atoms with Crippen LogP contribution in [0.5, 0.6) is 5.75 Å². The Labute approximate surface area is 150 Å². The highest BCUT2D eigenvalue weighted by Crippen LogP contribution is 2.38. The summed E-state index contributed by atoms with van der Waals surface area (Å²) >= 11 is 0. The number of ether oxygens (including phenoxy) is 1. The van der Waals surface area contributed by atoms with E-state index in [1.165, 1.54) is 6.07 Å². The molecule has 0 aliphatic heterocycles. The number of benzene rings is 2. The second-order valence-electron chi connectivity index (χ2n) is 6.53. The molecule has 2 nitrogen and oxygen atoms in total. The second-order valence-corrected chi connectivity index (χ2v) is 6.53. The fourth-order valence-electron chi connectivity index (χ4n) is 2.88. The van der Waals surface area contributed by atoms with Gasteiger partial charge in [-0.25, -0.2) is 4.39 Å². The van der Waals surface area contributed by atoms with Crippen LogP contribution in [0.1, 0.15) is 44.4 Å². The molecule has 3 heteroatoms. The van der Waals surface area contributed by atoms with E-state index in [9.17, 15) is 4.39 Å². The minimum Gasteiger partial charge on any atom is -0.465 e. The van der Waals surface area contributed by atoms with Crippen LogP contribution in [0.15, 0.2) is 53.8 Å². The Kier molecular flexibility index (Phi) is 6.02. The van der Waals surface area contributed by atoms with Crippen LogP contribution < -0.4 is 10.1 Å². The molecule has 0 aromatic heterocycles. The van der Waals surface area contributed by atoms with Gasteiger partial charge in [-0.15, -0.1) is 0 Å². The van der Waals surface area contributed by atoms with Gasteiger partial charge in [0.2, 0.25) is 0 Å². The Morgan fingerprint density at radius 3 is 2.24 bits per heavy atom. The summed E-state index contributed by atoms with van der Waals surface area (Å²) in [7, 11) is 1.88. The number of rotatable bonds is 5. The van der Waals surface area contributed by atoms with E-state index in [1.807, 2.05) is 65.9 Å². The third-order valence-electron chi connectivity index (χ3n) is 4.00. The van der Waals surface area contributed by atoms with Gasteiger partial charge >= 0.3 is 0 Å². The molecule has 0 fully saturated rings. The van der Waals surface area contributed by atoms with Crippen LogP contribution in [-0.4, -0.2) is 7.05 Å². The lowest BCUT2D eigenvalue weighted by atomic mass is 9.91. The molecule has 0 radical (unpaired) electrons. The zero-order chi connectivity index (χ0) is 18.6. The molecular weight excluding hydrogens is 313 g/mol. The van der Waals surface area contributed by atoms with Crippen LogP contribution in [0.2, 0.25) is 0 Å². The van der Waals surface area contributed by atoms with E-state index in [1.54, 1.807) is 12.3 Å². The summed E-state index contributed by atoms with van der Waals surface area (Å²) in [6.07, 6.45) is 1.74. The lowest BCUT2D eigenvalue weighted by molar-refractivity contribution is 0.472. The smallest absolute Gasteiger partial charge is 0.131 e. The van der Waals surface area contributed by atoms with Gasteiger partial charge in [0.15, 0.2) is 0 Å². The van der Waals surface area contributed by atoms with E-state index < -0.39 is 0 Å². The molecule has 2 rings (SSSR count). The predicted octanol–water partition coefficient (Wildman–Crippen LogP) is 6.32. The Balaban J connectivity index is 2.65. The van der Waals surface area contributed by atoms with Gasteiger partial charge in [-0.1, -0.05) is 23.8 Å². The first-order valence-corrected chi connectivity index (χ1v) is 8.41. The molecule has 0 heterocycles. The van der Waals surface area contributed by atoms with E-state index in [4.69, 9.17) is 4.74 Å². The summed E-state index contributed by atoms with van der Waals surface area (Å²) in [4.78, 5) is 0. The van der Waals surface area contributed by atoms with Crippen molar-refractivity contribution in [3.63, 3.8) is 0 Å². The van der Waals surface area contributed by atoms with Crippen molar-refractivity contribution < 1.29 is 9.13 Å². The fraction of sp³-hybridized carbons (Fsp3) is 0.273. The van der Waals surface area contributed by atoms with Gasteiger partial charge in [-0.3, -0.25) is 0 Å². The largest absolute Gasteiger partial charge is 0.465 e. The first-order valence-electron chi connectivity index (χ1n) is 8.41. The molecule has 0 aliphatic carbocycles. The predicted molar refractivity (Wildman–Crippen MR) is 105 cm³/mol. The van der Waals surface area contributed by atoms with Gasteiger partial charge in [0.1, 0.15) is 11.6 Å². The van der Waals surface area contributed by atoms with Gasteiger partial charge in [0.25, 0.3) is 0 Å². The van der Waals surface area contributed by atoms with Crippen molar-refractivity contribution in [2.45, 2.75) is 34.6 Å². The van der Waals surface area contributed by atoms with Gasteiger partial charge in [0.05, 0.1) is 6.26 Å². The maximum atomic E-state index is 14.4. The summed E-state index contributed by atoms with van der Waals surface area (Å²) in [6.45, 7) is 9.99. The molecule has 1 N–H and O–H groups in total. The van der Waals surface area contributed by atoms with Crippen LogP contribution >= 0.6 is 0 Å². The highest BCUT2D eigenvalue weighted by atomic mass is 19.1. The highest BCUT2D eigenvalue weighted by molar-refractivity contribution is 5.89. The van der Waals surface area contributed by atoms with Crippen molar-refractivity contribution >= 4 is 11.3 Å². The number of hydrogen-bond acceptors (Lipinski definition) is 2. The fourth-order valence-corrected chi connectivity index (χ4v) is 2.88.